The van der Waals surface area contributed by atoms with Crippen LogP contribution in [0, 0.1) is 0 Å². The van der Waals surface area contributed by atoms with E-state index in [-0.39, 0.29) is 10.8 Å². The zero-order valence-corrected chi connectivity index (χ0v) is 18.8. The summed E-state index contributed by atoms with van der Waals surface area (Å²) >= 11 is 0. The molecule has 0 heterocycles. The van der Waals surface area contributed by atoms with E-state index in [4.69, 9.17) is 0 Å². The van der Waals surface area contributed by atoms with E-state index < -0.39 is 10.0 Å². The maximum absolute atomic E-state index is 12.8. The predicted molar refractivity (Wildman–Crippen MR) is 122 cm³/mol. The lowest BCUT2D eigenvalue weighted by Crippen LogP contribution is -2.51. The number of hydrogen-bond donors (Lipinski definition) is 4. The zero-order chi connectivity index (χ0) is 22.9. The number of likely N-dealkylation sites (N-methyl/N-ethyl adjacent to an activating group) is 1. The van der Waals surface area contributed by atoms with Gasteiger partial charge in [-0.3, -0.25) is 25.2 Å². The van der Waals surface area contributed by atoms with Gasteiger partial charge in [-0.15, -0.1) is 0 Å². The molecule has 9 nitrogen and oxygen atoms in total. The van der Waals surface area contributed by atoms with Gasteiger partial charge in [0.15, 0.2) is 6.54 Å². The van der Waals surface area contributed by atoms with Crippen molar-refractivity contribution in [2.75, 3.05) is 41.6 Å². The maximum Gasteiger partial charge on any atom is 0.279 e. The van der Waals surface area contributed by atoms with Gasteiger partial charge in [0.2, 0.25) is 6.41 Å². The van der Waals surface area contributed by atoms with E-state index in [0.717, 1.165) is 19.6 Å². The molecular formula is C21H30N5O4S+. The van der Waals surface area contributed by atoms with Crippen LogP contribution < -0.4 is 20.9 Å². The van der Waals surface area contributed by atoms with Crippen molar-refractivity contribution in [2.24, 2.45) is 0 Å². The first kappa shape index (κ1) is 24.2. The van der Waals surface area contributed by atoms with Crippen molar-refractivity contribution in [3.05, 3.63) is 48.5 Å². The molecule has 0 bridgehead atoms. The van der Waals surface area contributed by atoms with Crippen molar-refractivity contribution in [3.63, 3.8) is 0 Å². The van der Waals surface area contributed by atoms with E-state index in [2.05, 4.69) is 41.7 Å². The molecule has 0 saturated carbocycles. The highest BCUT2D eigenvalue weighted by Crippen LogP contribution is 2.21. The molecule has 0 atom stereocenters. The van der Waals surface area contributed by atoms with Gasteiger partial charge >= 0.3 is 0 Å². The molecule has 31 heavy (non-hydrogen) atoms. The number of quaternary nitrogens is 1. The third kappa shape index (κ3) is 6.69. The van der Waals surface area contributed by atoms with Gasteiger partial charge in [0, 0.05) is 11.4 Å². The molecule has 10 heteroatoms. The van der Waals surface area contributed by atoms with Crippen LogP contribution in [0.4, 0.5) is 17.1 Å². The van der Waals surface area contributed by atoms with E-state index in [0.29, 0.717) is 34.5 Å². The molecular weight excluding hydrogens is 418 g/mol. The second-order valence-corrected chi connectivity index (χ2v) is 8.78. The van der Waals surface area contributed by atoms with Gasteiger partial charge in [-0.05, 0) is 63.2 Å². The molecule has 0 fully saturated rings. The van der Waals surface area contributed by atoms with Gasteiger partial charge in [-0.1, -0.05) is 6.07 Å². The first-order valence-corrected chi connectivity index (χ1v) is 11.6. The van der Waals surface area contributed by atoms with E-state index in [1.165, 1.54) is 12.1 Å². The number of anilines is 3. The summed E-state index contributed by atoms with van der Waals surface area (Å²) in [5.41, 5.74) is 6.32. The van der Waals surface area contributed by atoms with Crippen LogP contribution >= 0.6 is 0 Å². The molecule has 0 aliphatic carbocycles. The Morgan fingerprint density at radius 2 is 1.55 bits per heavy atom. The molecule has 0 spiro atoms. The average molecular weight is 449 g/mol. The van der Waals surface area contributed by atoms with E-state index in [1.807, 2.05) is 0 Å². The topological polar surface area (TPSA) is 116 Å². The Kier molecular flexibility index (Phi) is 8.40. The monoisotopic (exact) mass is 448 g/mol. The molecule has 2 aromatic carbocycles. The van der Waals surface area contributed by atoms with Crippen LogP contribution in [0.15, 0.2) is 53.4 Å². The van der Waals surface area contributed by atoms with Crippen molar-refractivity contribution >= 4 is 39.4 Å². The summed E-state index contributed by atoms with van der Waals surface area (Å²) in [4.78, 5) is 22.9. The number of hydrazine groups is 1. The Morgan fingerprint density at radius 1 is 0.935 bits per heavy atom. The predicted octanol–water partition coefficient (Wildman–Crippen LogP) is 2.38. The quantitative estimate of drug-likeness (QED) is 0.226. The summed E-state index contributed by atoms with van der Waals surface area (Å²) in [7, 11) is -3.85. The van der Waals surface area contributed by atoms with E-state index >= 15 is 0 Å². The number of nitrogens with one attached hydrogen (secondary N) is 4. The minimum atomic E-state index is -3.85. The highest BCUT2D eigenvalue weighted by atomic mass is 32.2. The smallest absolute Gasteiger partial charge is 0.279 e. The Labute approximate surface area is 183 Å². The number of amides is 2. The van der Waals surface area contributed by atoms with Crippen LogP contribution in [0.2, 0.25) is 0 Å². The Morgan fingerprint density at radius 3 is 2.13 bits per heavy atom. The van der Waals surface area contributed by atoms with Crippen LogP contribution in [0.5, 0.6) is 0 Å². The summed E-state index contributed by atoms with van der Waals surface area (Å²) in [6.45, 7) is 9.04. The van der Waals surface area contributed by atoms with Crippen LogP contribution in [-0.4, -0.2) is 51.4 Å². The van der Waals surface area contributed by atoms with Gasteiger partial charge in [-0.2, -0.15) is 0 Å². The van der Waals surface area contributed by atoms with Crippen molar-refractivity contribution in [3.8, 4) is 0 Å². The molecule has 4 N–H and O–H groups in total. The molecule has 2 rings (SSSR count). The summed E-state index contributed by atoms with van der Waals surface area (Å²) < 4.78 is 28.7. The van der Waals surface area contributed by atoms with Crippen LogP contribution in [0.3, 0.4) is 0 Å². The third-order valence-corrected chi connectivity index (χ3v) is 6.71. The van der Waals surface area contributed by atoms with Gasteiger partial charge in [0.25, 0.3) is 15.9 Å². The number of nitrogens with zero attached hydrogens (tertiary/aromatic N) is 1. The fourth-order valence-corrected chi connectivity index (χ4v) is 4.30. The molecule has 0 saturated heterocycles. The standard InChI is InChI=1S/C21H29N5O4S/c1-4-26(5-2,6-3)15-21(28)23-19-8-7-9-20(14-19)31(29,30)25-18-12-10-17(11-13-18)24-22-16-27/h7-14,16,24-25H,4-6,15H2,1-3H3,(H-,22,23,27,28)/p+1. The number of sulfonamides is 1. The lowest BCUT2D eigenvalue weighted by Gasteiger charge is -2.34. The Balaban J connectivity index is 2.10. The first-order chi connectivity index (χ1) is 14.8. The highest BCUT2D eigenvalue weighted by Gasteiger charge is 2.25. The molecule has 0 unspecified atom stereocenters. The van der Waals surface area contributed by atoms with Gasteiger partial charge in [0.1, 0.15) is 0 Å². The molecule has 0 radical (unpaired) electrons. The summed E-state index contributed by atoms with van der Waals surface area (Å²) in [5.74, 6) is -0.153. The third-order valence-electron chi connectivity index (χ3n) is 5.33. The van der Waals surface area contributed by atoms with Crippen LogP contribution in [-0.2, 0) is 19.6 Å². The van der Waals surface area contributed by atoms with Gasteiger partial charge < -0.3 is 9.80 Å². The second kappa shape index (κ2) is 10.8. The fraction of sp³-hybridized carbons (Fsp3) is 0.333. The molecule has 0 aliphatic rings. The van der Waals surface area contributed by atoms with E-state index in [1.54, 1.807) is 36.4 Å². The minimum absolute atomic E-state index is 0.0392. The number of carbonyl (C=O) groups excluding carboxylic acids is 2. The van der Waals surface area contributed by atoms with Gasteiger partial charge in [0.05, 0.1) is 30.2 Å². The van der Waals surface area contributed by atoms with Crippen molar-refractivity contribution in [1.29, 1.82) is 0 Å². The number of benzene rings is 2. The summed E-state index contributed by atoms with van der Waals surface area (Å²) in [6.07, 6.45) is 0.494. The highest BCUT2D eigenvalue weighted by molar-refractivity contribution is 7.92. The lowest BCUT2D eigenvalue weighted by atomic mass is 10.3. The number of carbonyl (C=O) groups is 2. The normalized spacial score (nSPS) is 11.5. The molecule has 2 aromatic rings. The zero-order valence-electron chi connectivity index (χ0n) is 18.0. The van der Waals surface area contributed by atoms with Crippen LogP contribution in [0.1, 0.15) is 20.8 Å². The van der Waals surface area contributed by atoms with Crippen LogP contribution in [0.25, 0.3) is 0 Å². The summed E-state index contributed by atoms with van der Waals surface area (Å²) in [5, 5.41) is 2.81. The Hall–Kier alpha value is -3.11. The van der Waals surface area contributed by atoms with E-state index in [9.17, 15) is 18.0 Å². The second-order valence-electron chi connectivity index (χ2n) is 7.09. The fourth-order valence-electron chi connectivity index (χ4n) is 3.20. The molecule has 2 amide bonds. The molecule has 0 aliphatic heterocycles. The SMILES string of the molecule is CC[N+](CC)(CC)CC(=O)Nc1cccc(S(=O)(=O)Nc2ccc(NNC=O)cc2)c1. The maximum atomic E-state index is 12.8. The number of rotatable bonds is 12. The van der Waals surface area contributed by atoms with Crippen molar-refractivity contribution < 1.29 is 22.5 Å². The molecule has 168 valence electrons. The van der Waals surface area contributed by atoms with Crippen molar-refractivity contribution in [1.82, 2.24) is 5.43 Å². The average Bonchev–Trinajstić information content (AvgIpc) is 2.77. The lowest BCUT2D eigenvalue weighted by molar-refractivity contribution is -0.915. The van der Waals surface area contributed by atoms with Crippen molar-refractivity contribution in [2.45, 2.75) is 25.7 Å². The van der Waals surface area contributed by atoms with Gasteiger partial charge in [-0.25, -0.2) is 8.42 Å². The first-order valence-electron chi connectivity index (χ1n) is 10.1. The largest absolute Gasteiger partial charge is 0.321 e. The molecule has 0 aromatic heterocycles. The number of hydrogen-bond acceptors (Lipinski definition) is 5. The summed E-state index contributed by atoms with van der Waals surface area (Å²) in [6, 6.07) is 12.5. The minimum Gasteiger partial charge on any atom is -0.321 e. The Bertz CT molecular complexity index is 981.